The van der Waals surface area contributed by atoms with Crippen LogP contribution in [0.5, 0.6) is 5.75 Å². The van der Waals surface area contributed by atoms with Crippen LogP contribution in [0.3, 0.4) is 0 Å². The molecule has 1 aliphatic rings. The number of thioether (sulfide) groups is 1. The smallest absolute Gasteiger partial charge is 0.304 e. The molecule has 0 fully saturated rings. The van der Waals surface area contributed by atoms with Gasteiger partial charge in [0.1, 0.15) is 15.4 Å². The maximum absolute atomic E-state index is 10.8. The summed E-state index contributed by atoms with van der Waals surface area (Å²) in [6, 6.07) is 11.4. The van der Waals surface area contributed by atoms with Crippen LogP contribution in [0, 0.1) is 4.64 Å². The molecule has 1 atom stereocenters. The van der Waals surface area contributed by atoms with Crippen LogP contribution in [-0.2, 0) is 4.79 Å². The number of pyridine rings is 1. The number of fused-ring (bicyclic) bond motifs is 1. The molecule has 0 saturated heterocycles. The van der Waals surface area contributed by atoms with Crippen molar-refractivity contribution >= 4 is 51.6 Å². The molecular formula is C21H24N4O3S2. The number of anilines is 1. The number of hydrogen-bond donors (Lipinski definition) is 4. The van der Waals surface area contributed by atoms with E-state index in [4.69, 9.17) is 27.8 Å². The number of carbonyl (C=O) groups is 1. The highest BCUT2D eigenvalue weighted by molar-refractivity contribution is 8.15. The molecule has 0 radical (unpaired) electrons. The van der Waals surface area contributed by atoms with Crippen molar-refractivity contribution in [2.24, 2.45) is 4.99 Å². The van der Waals surface area contributed by atoms with Crippen molar-refractivity contribution in [1.82, 2.24) is 9.97 Å². The van der Waals surface area contributed by atoms with E-state index in [0.29, 0.717) is 18.8 Å². The molecule has 0 saturated carbocycles. The van der Waals surface area contributed by atoms with E-state index in [1.807, 2.05) is 42.6 Å². The number of nitrogens with zero attached hydrogens (tertiary/aromatic N) is 1. The third-order valence-corrected chi connectivity index (χ3v) is 5.71. The van der Waals surface area contributed by atoms with Crippen LogP contribution in [0.15, 0.2) is 47.6 Å². The Morgan fingerprint density at radius 2 is 2.23 bits per heavy atom. The highest BCUT2D eigenvalue weighted by atomic mass is 32.2. The van der Waals surface area contributed by atoms with Crippen LogP contribution in [-0.4, -0.2) is 44.5 Å². The van der Waals surface area contributed by atoms with Crippen LogP contribution in [0.4, 0.5) is 5.69 Å². The summed E-state index contributed by atoms with van der Waals surface area (Å²) in [5, 5.41) is 10.7. The summed E-state index contributed by atoms with van der Waals surface area (Å²) >= 11 is 6.25. The number of aromatic amines is 2. The number of ether oxygens (including phenoxy) is 1. The Kier molecular flexibility index (Phi) is 7.53. The molecule has 5 N–H and O–H groups in total. The molecule has 3 aromatic rings. The van der Waals surface area contributed by atoms with Crippen LogP contribution in [0.2, 0.25) is 0 Å². The predicted molar refractivity (Wildman–Crippen MR) is 125 cm³/mol. The topological polar surface area (TPSA) is 116 Å². The number of hydrogen-bond acceptors (Lipinski definition) is 6. The van der Waals surface area contributed by atoms with E-state index in [0.717, 1.165) is 38.5 Å². The van der Waals surface area contributed by atoms with Crippen molar-refractivity contribution in [2.45, 2.75) is 25.0 Å². The molecule has 0 spiro atoms. The van der Waals surface area contributed by atoms with Crippen molar-refractivity contribution in [3.63, 3.8) is 0 Å². The molecule has 1 unspecified atom stereocenters. The van der Waals surface area contributed by atoms with E-state index >= 15 is 0 Å². The summed E-state index contributed by atoms with van der Waals surface area (Å²) in [6.45, 7) is 3.24. The van der Waals surface area contributed by atoms with Crippen molar-refractivity contribution < 1.29 is 14.6 Å². The molecule has 9 heteroatoms. The molecule has 0 aliphatic carbocycles. The summed E-state index contributed by atoms with van der Waals surface area (Å²) in [4.78, 5) is 21.4. The summed E-state index contributed by atoms with van der Waals surface area (Å²) < 4.78 is 6.43. The van der Waals surface area contributed by atoms with Crippen molar-refractivity contribution in [1.29, 1.82) is 0 Å². The minimum absolute atomic E-state index is 0.00490. The van der Waals surface area contributed by atoms with Gasteiger partial charge < -0.3 is 25.5 Å². The monoisotopic (exact) mass is 444 g/mol. The number of rotatable bonds is 6. The Morgan fingerprint density at radius 3 is 2.87 bits per heavy atom. The average molecular weight is 445 g/mol. The Balaban J connectivity index is 0.000000310. The number of aliphatic carboxylic acids is 1. The van der Waals surface area contributed by atoms with Crippen LogP contribution in [0.1, 0.15) is 25.5 Å². The maximum atomic E-state index is 10.8. The molecule has 158 valence electrons. The quantitative estimate of drug-likeness (QED) is 0.326. The lowest BCUT2D eigenvalue weighted by atomic mass is 10.2. The molecule has 7 nitrogen and oxygen atoms in total. The highest BCUT2D eigenvalue weighted by Crippen LogP contribution is 2.32. The van der Waals surface area contributed by atoms with Gasteiger partial charge in [-0.2, -0.15) is 0 Å². The van der Waals surface area contributed by atoms with Gasteiger partial charge in [0.2, 0.25) is 0 Å². The molecule has 0 amide bonds. The first-order chi connectivity index (χ1) is 14.5. The van der Waals surface area contributed by atoms with E-state index in [9.17, 15) is 4.79 Å². The van der Waals surface area contributed by atoms with E-state index in [1.165, 1.54) is 11.8 Å². The molecule has 3 heterocycles. The molecule has 2 aromatic heterocycles. The second-order valence-electron chi connectivity index (χ2n) is 6.72. The van der Waals surface area contributed by atoms with Gasteiger partial charge in [-0.05, 0) is 30.7 Å². The molecular weight excluding hydrogens is 420 g/mol. The molecule has 0 bridgehead atoms. The molecule has 30 heavy (non-hydrogen) atoms. The van der Waals surface area contributed by atoms with Gasteiger partial charge in [0, 0.05) is 22.9 Å². The van der Waals surface area contributed by atoms with Crippen LogP contribution in [0.25, 0.3) is 10.9 Å². The normalized spacial score (nSPS) is 15.4. The van der Waals surface area contributed by atoms with E-state index in [2.05, 4.69) is 21.9 Å². The Bertz CT molecular complexity index is 1090. The Hall–Kier alpha value is -2.78. The van der Waals surface area contributed by atoms with E-state index < -0.39 is 5.97 Å². The van der Waals surface area contributed by atoms with Crippen molar-refractivity contribution in [2.75, 3.05) is 18.9 Å². The predicted octanol–water partition coefficient (Wildman–Crippen LogP) is 4.62. The number of carboxylic acid groups (broad SMARTS) is 1. The summed E-state index contributed by atoms with van der Waals surface area (Å²) in [5.41, 5.74) is 8.46. The van der Waals surface area contributed by atoms with Crippen LogP contribution < -0.4 is 10.5 Å². The molecule has 1 aliphatic heterocycles. The number of carboxylic acids is 1. The third kappa shape index (κ3) is 5.87. The summed E-state index contributed by atoms with van der Waals surface area (Å²) in [5.74, 6) is -0.0373. The Morgan fingerprint density at radius 1 is 1.40 bits per heavy atom. The fourth-order valence-electron chi connectivity index (χ4n) is 2.91. The van der Waals surface area contributed by atoms with Gasteiger partial charge in [-0.1, -0.05) is 37.0 Å². The lowest BCUT2D eigenvalue weighted by Gasteiger charge is -2.06. The minimum Gasteiger partial charge on any atom is -0.494 e. The minimum atomic E-state index is -0.794. The van der Waals surface area contributed by atoms with Crippen molar-refractivity contribution in [3.05, 3.63) is 52.9 Å². The summed E-state index contributed by atoms with van der Waals surface area (Å²) in [6.07, 6.45) is 2.87. The second-order valence-corrected chi connectivity index (χ2v) is 8.45. The van der Waals surface area contributed by atoms with Crippen molar-refractivity contribution in [3.8, 4) is 5.75 Å². The van der Waals surface area contributed by atoms with Gasteiger partial charge in [-0.15, -0.1) is 0 Å². The van der Waals surface area contributed by atoms with Gasteiger partial charge in [0.15, 0.2) is 0 Å². The number of nitrogen functional groups attached to an aromatic ring is 1. The van der Waals surface area contributed by atoms with Gasteiger partial charge in [0.05, 0.1) is 36.5 Å². The molecule has 4 rings (SSSR count). The lowest BCUT2D eigenvalue weighted by Crippen LogP contribution is -2.10. The number of benzene rings is 1. The number of H-pyrrole nitrogens is 2. The Labute approximate surface area is 183 Å². The largest absolute Gasteiger partial charge is 0.494 e. The fraction of sp³-hybridized carbons (Fsp3) is 0.286. The van der Waals surface area contributed by atoms with Crippen LogP contribution >= 0.6 is 24.0 Å². The SMILES string of the molecule is CCCOc1cc(N)c2[nH]c(C3=NCC(CC(=O)O)S3)cc2c1.S=c1cccc[nH]1. The first kappa shape index (κ1) is 21.9. The number of aromatic nitrogens is 2. The first-order valence-corrected chi connectivity index (χ1v) is 10.9. The van der Waals surface area contributed by atoms with E-state index in [-0.39, 0.29) is 11.7 Å². The maximum Gasteiger partial charge on any atom is 0.304 e. The van der Waals surface area contributed by atoms with Gasteiger partial charge in [0.25, 0.3) is 0 Å². The average Bonchev–Trinajstić information content (AvgIpc) is 3.34. The number of nitrogens with one attached hydrogen (secondary N) is 2. The zero-order chi connectivity index (χ0) is 21.5. The highest BCUT2D eigenvalue weighted by Gasteiger charge is 2.24. The number of aliphatic imine (C=N–C) groups is 1. The van der Waals surface area contributed by atoms with Gasteiger partial charge in [-0.3, -0.25) is 9.79 Å². The lowest BCUT2D eigenvalue weighted by molar-refractivity contribution is -0.136. The van der Waals surface area contributed by atoms with Gasteiger partial charge >= 0.3 is 5.97 Å². The summed E-state index contributed by atoms with van der Waals surface area (Å²) in [7, 11) is 0. The first-order valence-electron chi connectivity index (χ1n) is 9.58. The van der Waals surface area contributed by atoms with Gasteiger partial charge in [-0.25, -0.2) is 0 Å². The van der Waals surface area contributed by atoms with E-state index in [1.54, 1.807) is 0 Å². The second kappa shape index (κ2) is 10.3. The standard InChI is InChI=1S/C16H19N3O3S.C5H5NS/c1-2-3-22-10-4-9-5-13(19-15(9)12(17)6-10)16-18-8-11(23-16)7-14(20)21;7-5-3-1-2-4-6-5/h4-6,11,19H,2-3,7-8,17H2,1H3,(H,20,21);1-4H,(H,6,7). The fourth-order valence-corrected chi connectivity index (χ4v) is 4.13. The zero-order valence-electron chi connectivity index (χ0n) is 16.6. The number of nitrogens with two attached hydrogens (primary N) is 1. The molecule has 1 aromatic carbocycles. The third-order valence-electron chi connectivity index (χ3n) is 4.24. The zero-order valence-corrected chi connectivity index (χ0v) is 18.2.